The van der Waals surface area contributed by atoms with Crippen molar-refractivity contribution in [2.75, 3.05) is 32.6 Å². The van der Waals surface area contributed by atoms with Gasteiger partial charge in [0.25, 0.3) is 0 Å². The Bertz CT molecular complexity index is 777. The summed E-state index contributed by atoms with van der Waals surface area (Å²) in [6, 6.07) is 16.1. The summed E-state index contributed by atoms with van der Waals surface area (Å²) in [5, 5.41) is 3.15. The number of amides is 1. The van der Waals surface area contributed by atoms with Gasteiger partial charge in [-0.3, -0.25) is 4.79 Å². The standard InChI is InChI=1S/C24H32N2O2/c1-19-8-6-9-20(18-19)24(14-4-5-15-24)23(27)25-21-10-12-22(13-11-21)28-17-7-16-26(2)3/h6,8-13,18H,4-5,7,14-17H2,1-3H3,(H,25,27). The molecule has 150 valence electrons. The number of rotatable bonds is 8. The van der Waals surface area contributed by atoms with Crippen LogP contribution in [0.25, 0.3) is 0 Å². The van der Waals surface area contributed by atoms with E-state index in [1.807, 2.05) is 24.3 Å². The Hall–Kier alpha value is -2.33. The molecule has 1 N–H and O–H groups in total. The van der Waals surface area contributed by atoms with E-state index in [4.69, 9.17) is 4.74 Å². The van der Waals surface area contributed by atoms with Gasteiger partial charge in [0, 0.05) is 12.2 Å². The molecule has 1 amide bonds. The summed E-state index contributed by atoms with van der Waals surface area (Å²) >= 11 is 0. The van der Waals surface area contributed by atoms with Gasteiger partial charge in [0.2, 0.25) is 5.91 Å². The molecule has 1 aliphatic rings. The normalized spacial score (nSPS) is 15.6. The largest absolute Gasteiger partial charge is 0.494 e. The summed E-state index contributed by atoms with van der Waals surface area (Å²) in [6.45, 7) is 3.79. The van der Waals surface area contributed by atoms with Crippen LogP contribution in [-0.2, 0) is 10.2 Å². The molecule has 0 saturated heterocycles. The van der Waals surface area contributed by atoms with E-state index in [1.54, 1.807) is 0 Å². The van der Waals surface area contributed by atoms with Crippen molar-refractivity contribution in [1.29, 1.82) is 0 Å². The van der Waals surface area contributed by atoms with Crippen LogP contribution in [-0.4, -0.2) is 38.1 Å². The molecule has 0 aromatic heterocycles. The zero-order valence-electron chi connectivity index (χ0n) is 17.3. The van der Waals surface area contributed by atoms with Crippen LogP contribution in [0.5, 0.6) is 5.75 Å². The maximum atomic E-state index is 13.3. The quantitative estimate of drug-likeness (QED) is 0.670. The minimum absolute atomic E-state index is 0.107. The maximum absolute atomic E-state index is 13.3. The molecule has 0 unspecified atom stereocenters. The molecule has 0 spiro atoms. The lowest BCUT2D eigenvalue weighted by molar-refractivity contribution is -0.121. The number of ether oxygens (including phenoxy) is 1. The number of carbonyl (C=O) groups is 1. The molecule has 0 bridgehead atoms. The number of nitrogens with zero attached hydrogens (tertiary/aromatic N) is 1. The van der Waals surface area contributed by atoms with Crippen molar-refractivity contribution in [1.82, 2.24) is 4.90 Å². The summed E-state index contributed by atoms with van der Waals surface area (Å²) < 4.78 is 5.78. The molecule has 1 fully saturated rings. The minimum Gasteiger partial charge on any atom is -0.494 e. The summed E-state index contributed by atoms with van der Waals surface area (Å²) in [5.41, 5.74) is 2.76. The second-order valence-electron chi connectivity index (χ2n) is 8.14. The van der Waals surface area contributed by atoms with Crippen LogP contribution >= 0.6 is 0 Å². The number of anilines is 1. The van der Waals surface area contributed by atoms with E-state index in [0.29, 0.717) is 6.61 Å². The molecule has 4 heteroatoms. The Kier molecular flexibility index (Phi) is 6.74. The number of hydrogen-bond acceptors (Lipinski definition) is 3. The summed E-state index contributed by atoms with van der Waals surface area (Å²) in [6.07, 6.45) is 5.01. The Morgan fingerprint density at radius 1 is 1.11 bits per heavy atom. The van der Waals surface area contributed by atoms with Crippen molar-refractivity contribution < 1.29 is 9.53 Å². The first kappa shape index (κ1) is 20.4. The van der Waals surface area contributed by atoms with E-state index in [1.165, 1.54) is 5.56 Å². The van der Waals surface area contributed by atoms with E-state index in [0.717, 1.165) is 55.6 Å². The van der Waals surface area contributed by atoms with E-state index in [9.17, 15) is 4.79 Å². The SMILES string of the molecule is Cc1cccc(C2(C(=O)Nc3ccc(OCCCN(C)C)cc3)CCCC2)c1. The topological polar surface area (TPSA) is 41.6 Å². The van der Waals surface area contributed by atoms with Crippen LogP contribution in [0.3, 0.4) is 0 Å². The van der Waals surface area contributed by atoms with Crippen LogP contribution in [0.4, 0.5) is 5.69 Å². The number of aryl methyl sites for hydroxylation is 1. The van der Waals surface area contributed by atoms with Gasteiger partial charge < -0.3 is 15.0 Å². The molecular weight excluding hydrogens is 348 g/mol. The Labute approximate surface area is 168 Å². The van der Waals surface area contributed by atoms with Gasteiger partial charge in [0.15, 0.2) is 0 Å². The van der Waals surface area contributed by atoms with Gasteiger partial charge in [-0.2, -0.15) is 0 Å². The Morgan fingerprint density at radius 3 is 2.46 bits per heavy atom. The number of nitrogens with one attached hydrogen (secondary N) is 1. The molecule has 2 aromatic rings. The summed E-state index contributed by atoms with van der Waals surface area (Å²) in [4.78, 5) is 15.4. The third-order valence-corrected chi connectivity index (χ3v) is 5.59. The lowest BCUT2D eigenvalue weighted by Crippen LogP contribution is -2.38. The van der Waals surface area contributed by atoms with Gasteiger partial charge in [-0.05, 0) is 70.1 Å². The molecule has 0 heterocycles. The minimum atomic E-state index is -0.409. The fraction of sp³-hybridized carbons (Fsp3) is 0.458. The fourth-order valence-electron chi connectivity index (χ4n) is 4.02. The summed E-state index contributed by atoms with van der Waals surface area (Å²) in [7, 11) is 4.12. The highest BCUT2D eigenvalue weighted by atomic mass is 16.5. The van der Waals surface area contributed by atoms with Crippen molar-refractivity contribution in [3.63, 3.8) is 0 Å². The molecule has 0 atom stereocenters. The zero-order chi connectivity index (χ0) is 20.0. The molecule has 28 heavy (non-hydrogen) atoms. The first-order chi connectivity index (χ1) is 13.5. The first-order valence-electron chi connectivity index (χ1n) is 10.3. The number of hydrogen-bond donors (Lipinski definition) is 1. The Balaban J connectivity index is 1.64. The van der Waals surface area contributed by atoms with E-state index >= 15 is 0 Å². The van der Waals surface area contributed by atoms with Gasteiger partial charge in [0.05, 0.1) is 12.0 Å². The third-order valence-electron chi connectivity index (χ3n) is 5.59. The van der Waals surface area contributed by atoms with Crippen LogP contribution in [0.1, 0.15) is 43.2 Å². The maximum Gasteiger partial charge on any atom is 0.235 e. The third kappa shape index (κ3) is 4.93. The highest BCUT2D eigenvalue weighted by Crippen LogP contribution is 2.42. The van der Waals surface area contributed by atoms with Crippen LogP contribution < -0.4 is 10.1 Å². The fourth-order valence-corrected chi connectivity index (χ4v) is 4.02. The molecule has 4 nitrogen and oxygen atoms in total. The van der Waals surface area contributed by atoms with Crippen molar-refractivity contribution in [3.8, 4) is 5.75 Å². The average Bonchev–Trinajstić information content (AvgIpc) is 3.18. The predicted octanol–water partition coefficient (Wildman–Crippen LogP) is 4.78. The van der Waals surface area contributed by atoms with E-state index < -0.39 is 5.41 Å². The molecule has 1 saturated carbocycles. The van der Waals surface area contributed by atoms with Gasteiger partial charge >= 0.3 is 0 Å². The van der Waals surface area contributed by atoms with Gasteiger partial charge in [0.1, 0.15) is 5.75 Å². The van der Waals surface area contributed by atoms with Crippen molar-refractivity contribution in [2.24, 2.45) is 0 Å². The zero-order valence-corrected chi connectivity index (χ0v) is 17.3. The van der Waals surface area contributed by atoms with Gasteiger partial charge in [-0.1, -0.05) is 42.7 Å². The molecule has 0 radical (unpaired) electrons. The van der Waals surface area contributed by atoms with Crippen molar-refractivity contribution >= 4 is 11.6 Å². The van der Waals surface area contributed by atoms with Crippen LogP contribution in [0.2, 0.25) is 0 Å². The lowest BCUT2D eigenvalue weighted by atomic mass is 9.77. The van der Waals surface area contributed by atoms with Gasteiger partial charge in [-0.25, -0.2) is 0 Å². The van der Waals surface area contributed by atoms with E-state index in [2.05, 4.69) is 55.5 Å². The predicted molar refractivity (Wildman–Crippen MR) is 115 cm³/mol. The average molecular weight is 381 g/mol. The highest BCUT2D eigenvalue weighted by molar-refractivity contribution is 5.99. The van der Waals surface area contributed by atoms with Crippen LogP contribution in [0.15, 0.2) is 48.5 Å². The number of carbonyl (C=O) groups excluding carboxylic acids is 1. The Morgan fingerprint density at radius 2 is 1.82 bits per heavy atom. The molecule has 0 aliphatic heterocycles. The monoisotopic (exact) mass is 380 g/mol. The highest BCUT2D eigenvalue weighted by Gasteiger charge is 2.42. The second kappa shape index (κ2) is 9.24. The molecule has 2 aromatic carbocycles. The molecular formula is C24H32N2O2. The summed E-state index contributed by atoms with van der Waals surface area (Å²) in [5.74, 6) is 0.946. The van der Waals surface area contributed by atoms with Gasteiger partial charge in [-0.15, -0.1) is 0 Å². The smallest absolute Gasteiger partial charge is 0.235 e. The first-order valence-corrected chi connectivity index (χ1v) is 10.3. The second-order valence-corrected chi connectivity index (χ2v) is 8.14. The van der Waals surface area contributed by atoms with Crippen molar-refractivity contribution in [2.45, 2.75) is 44.4 Å². The number of benzene rings is 2. The molecule has 1 aliphatic carbocycles. The lowest BCUT2D eigenvalue weighted by Gasteiger charge is -2.28. The molecule has 3 rings (SSSR count). The van der Waals surface area contributed by atoms with E-state index in [-0.39, 0.29) is 5.91 Å². The van der Waals surface area contributed by atoms with Crippen LogP contribution in [0, 0.1) is 6.92 Å². The van der Waals surface area contributed by atoms with Crippen molar-refractivity contribution in [3.05, 3.63) is 59.7 Å².